The number of anilines is 1. The molecule has 0 radical (unpaired) electrons. The van der Waals surface area contributed by atoms with E-state index in [4.69, 9.17) is 11.6 Å². The average molecular weight is 277 g/mol. The molecule has 0 aliphatic heterocycles. The molecule has 19 heavy (non-hydrogen) atoms. The molecule has 0 amide bonds. The van der Waals surface area contributed by atoms with Gasteiger partial charge in [-0.2, -0.15) is 0 Å². The molecule has 0 aliphatic carbocycles. The predicted octanol–water partition coefficient (Wildman–Crippen LogP) is 2.51. The third kappa shape index (κ3) is 3.06. The molecule has 2 heterocycles. The number of carbonyl (C=O) groups is 1. The van der Waals surface area contributed by atoms with Crippen molar-refractivity contribution in [3.8, 4) is 0 Å². The summed E-state index contributed by atoms with van der Waals surface area (Å²) >= 11 is 5.83. The Bertz CT molecular complexity index is 589. The zero-order chi connectivity index (χ0) is 13.7. The fraction of sp³-hybridized carbons (Fsp3) is 0.231. The molecule has 2 aromatic heterocycles. The van der Waals surface area contributed by atoms with Crippen LogP contribution >= 0.6 is 11.6 Å². The number of nitrogens with one attached hydrogen (secondary N) is 1. The van der Waals surface area contributed by atoms with E-state index in [1.807, 2.05) is 12.1 Å². The third-order valence-corrected chi connectivity index (χ3v) is 3.04. The van der Waals surface area contributed by atoms with Gasteiger partial charge < -0.3 is 5.32 Å². The maximum atomic E-state index is 11.0. The summed E-state index contributed by atoms with van der Waals surface area (Å²) in [5.41, 5.74) is 2.34. The fourth-order valence-electron chi connectivity index (χ4n) is 1.74. The van der Waals surface area contributed by atoms with Gasteiger partial charge in [-0.1, -0.05) is 24.6 Å². The summed E-state index contributed by atoms with van der Waals surface area (Å²) < 4.78 is 0. The Balaban J connectivity index is 2.19. The van der Waals surface area contributed by atoms with Crippen LogP contribution in [0.1, 0.15) is 28.5 Å². The van der Waals surface area contributed by atoms with Gasteiger partial charge in [0.1, 0.15) is 17.3 Å². The zero-order valence-corrected chi connectivity index (χ0v) is 11.2. The Labute approximate surface area is 116 Å². The van der Waals surface area contributed by atoms with E-state index >= 15 is 0 Å². The smallest absolute Gasteiger partial charge is 0.156 e. The number of carbonyl (C=O) groups excluding carboxylic acids is 1. The number of aromatic nitrogens is 3. The lowest BCUT2D eigenvalue weighted by Crippen LogP contribution is -2.08. The van der Waals surface area contributed by atoms with Crippen LogP contribution in [0.5, 0.6) is 0 Å². The molecule has 0 fully saturated rings. The molecule has 0 aromatic carbocycles. The molecule has 0 aliphatic rings. The zero-order valence-electron chi connectivity index (χ0n) is 10.4. The summed E-state index contributed by atoms with van der Waals surface area (Å²) in [7, 11) is 0. The molecular weight excluding hydrogens is 264 g/mol. The Kier molecular flexibility index (Phi) is 4.41. The highest BCUT2D eigenvalue weighted by atomic mass is 35.5. The molecule has 6 heteroatoms. The van der Waals surface area contributed by atoms with Crippen molar-refractivity contribution in [3.05, 3.63) is 46.6 Å². The second-order valence-corrected chi connectivity index (χ2v) is 4.22. The highest BCUT2D eigenvalue weighted by Gasteiger charge is 2.09. The van der Waals surface area contributed by atoms with Crippen molar-refractivity contribution < 1.29 is 4.79 Å². The number of hydrogen-bond acceptors (Lipinski definition) is 5. The van der Waals surface area contributed by atoms with Gasteiger partial charge in [-0.3, -0.25) is 9.78 Å². The van der Waals surface area contributed by atoms with Crippen molar-refractivity contribution in [2.75, 3.05) is 5.32 Å². The number of halogens is 1. The van der Waals surface area contributed by atoms with Gasteiger partial charge >= 0.3 is 0 Å². The molecule has 0 atom stereocenters. The molecule has 0 spiro atoms. The summed E-state index contributed by atoms with van der Waals surface area (Å²) in [5.74, 6) is 0.419. The van der Waals surface area contributed by atoms with Crippen LogP contribution in [0.25, 0.3) is 0 Å². The van der Waals surface area contributed by atoms with E-state index < -0.39 is 0 Å². The van der Waals surface area contributed by atoms with Crippen molar-refractivity contribution >= 4 is 23.7 Å². The Hall–Kier alpha value is -2.01. The lowest BCUT2D eigenvalue weighted by atomic mass is 10.1. The van der Waals surface area contributed by atoms with Crippen molar-refractivity contribution in [1.29, 1.82) is 0 Å². The predicted molar refractivity (Wildman–Crippen MR) is 73.4 cm³/mol. The minimum atomic E-state index is 0.143. The molecule has 0 saturated carbocycles. The van der Waals surface area contributed by atoms with Crippen LogP contribution in [0.15, 0.2) is 24.7 Å². The molecule has 2 aromatic rings. The second-order valence-electron chi connectivity index (χ2n) is 3.86. The van der Waals surface area contributed by atoms with Crippen LogP contribution in [-0.2, 0) is 13.0 Å². The molecule has 0 saturated heterocycles. The van der Waals surface area contributed by atoms with Crippen molar-refractivity contribution in [2.45, 2.75) is 19.9 Å². The number of hydrogen-bond donors (Lipinski definition) is 1. The Morgan fingerprint density at radius 3 is 2.95 bits per heavy atom. The molecule has 2 rings (SSSR count). The lowest BCUT2D eigenvalue weighted by molar-refractivity contribution is 0.112. The molecule has 0 bridgehead atoms. The molecular formula is C13H13ClN4O. The molecule has 98 valence electrons. The van der Waals surface area contributed by atoms with Gasteiger partial charge in [-0.15, -0.1) is 0 Å². The third-order valence-electron chi connectivity index (χ3n) is 2.74. The van der Waals surface area contributed by atoms with Crippen LogP contribution < -0.4 is 5.32 Å². The Morgan fingerprint density at radius 1 is 1.37 bits per heavy atom. The maximum Gasteiger partial charge on any atom is 0.156 e. The van der Waals surface area contributed by atoms with Gasteiger partial charge in [0.05, 0.1) is 17.8 Å². The summed E-state index contributed by atoms with van der Waals surface area (Å²) in [4.78, 5) is 23.1. The maximum absolute atomic E-state index is 11.0. The first-order valence-corrected chi connectivity index (χ1v) is 6.26. The number of nitrogens with zero attached hydrogens (tertiary/aromatic N) is 3. The number of aldehydes is 1. The summed E-state index contributed by atoms with van der Waals surface area (Å²) in [5, 5.41) is 3.21. The van der Waals surface area contributed by atoms with Crippen LogP contribution in [0.2, 0.25) is 5.15 Å². The topological polar surface area (TPSA) is 67.8 Å². The minimum absolute atomic E-state index is 0.143. The Morgan fingerprint density at radius 2 is 2.21 bits per heavy atom. The number of pyridine rings is 1. The van der Waals surface area contributed by atoms with E-state index in [9.17, 15) is 4.79 Å². The van der Waals surface area contributed by atoms with Crippen molar-refractivity contribution in [2.24, 2.45) is 0 Å². The van der Waals surface area contributed by atoms with Gasteiger partial charge in [-0.05, 0) is 18.1 Å². The average Bonchev–Trinajstić information content (AvgIpc) is 2.45. The van der Waals surface area contributed by atoms with E-state index in [2.05, 4.69) is 27.2 Å². The largest absolute Gasteiger partial charge is 0.364 e. The highest BCUT2D eigenvalue weighted by molar-refractivity contribution is 6.32. The van der Waals surface area contributed by atoms with E-state index in [1.165, 1.54) is 6.33 Å². The number of aryl methyl sites for hydroxylation is 1. The van der Waals surface area contributed by atoms with E-state index in [0.29, 0.717) is 18.6 Å². The quantitative estimate of drug-likeness (QED) is 0.671. The first kappa shape index (κ1) is 13.4. The van der Waals surface area contributed by atoms with E-state index in [0.717, 1.165) is 17.7 Å². The first-order valence-electron chi connectivity index (χ1n) is 5.88. The fourth-order valence-corrected chi connectivity index (χ4v) is 1.92. The van der Waals surface area contributed by atoms with Crippen LogP contribution in [0, 0.1) is 0 Å². The van der Waals surface area contributed by atoms with E-state index in [1.54, 1.807) is 6.20 Å². The molecule has 0 unspecified atom stereocenters. The van der Waals surface area contributed by atoms with Gasteiger partial charge in [0.15, 0.2) is 6.29 Å². The van der Waals surface area contributed by atoms with E-state index in [-0.39, 0.29) is 10.7 Å². The minimum Gasteiger partial charge on any atom is -0.364 e. The summed E-state index contributed by atoms with van der Waals surface area (Å²) in [6, 6.07) is 3.93. The SMILES string of the molecule is CCc1cccnc1CNc1ncnc(Cl)c1C=O. The standard InChI is InChI=1S/C13H13ClN4O/c1-2-9-4-3-5-15-11(9)6-16-13-10(7-19)12(14)17-8-18-13/h3-5,7-8H,2,6H2,1H3,(H,16,17,18). The number of rotatable bonds is 5. The van der Waals surface area contributed by atoms with Gasteiger partial charge in [0, 0.05) is 6.20 Å². The van der Waals surface area contributed by atoms with Crippen LogP contribution in [0.4, 0.5) is 5.82 Å². The summed E-state index contributed by atoms with van der Waals surface area (Å²) in [6.07, 6.45) is 4.60. The molecule has 5 nitrogen and oxygen atoms in total. The van der Waals surface area contributed by atoms with Crippen molar-refractivity contribution in [1.82, 2.24) is 15.0 Å². The first-order chi connectivity index (χ1) is 9.26. The summed E-state index contributed by atoms with van der Waals surface area (Å²) in [6.45, 7) is 2.55. The highest BCUT2D eigenvalue weighted by Crippen LogP contribution is 2.18. The van der Waals surface area contributed by atoms with Gasteiger partial charge in [0.2, 0.25) is 0 Å². The normalized spacial score (nSPS) is 10.2. The lowest BCUT2D eigenvalue weighted by Gasteiger charge is -2.10. The second kappa shape index (κ2) is 6.24. The monoisotopic (exact) mass is 276 g/mol. The van der Waals surface area contributed by atoms with Crippen LogP contribution in [-0.4, -0.2) is 21.2 Å². The van der Waals surface area contributed by atoms with Gasteiger partial charge in [0.25, 0.3) is 0 Å². The van der Waals surface area contributed by atoms with Gasteiger partial charge in [-0.25, -0.2) is 9.97 Å². The van der Waals surface area contributed by atoms with Crippen molar-refractivity contribution in [3.63, 3.8) is 0 Å². The van der Waals surface area contributed by atoms with Crippen LogP contribution in [0.3, 0.4) is 0 Å². The molecule has 1 N–H and O–H groups in total.